The first kappa shape index (κ1) is 17.4. The molecule has 1 unspecified atom stereocenters. The van der Waals surface area contributed by atoms with E-state index in [2.05, 4.69) is 27.4 Å². The lowest BCUT2D eigenvalue weighted by Crippen LogP contribution is -2.49. The third-order valence-corrected chi connectivity index (χ3v) is 6.54. The maximum atomic E-state index is 12.3. The maximum absolute atomic E-state index is 12.3. The molecule has 2 aliphatic rings. The normalized spacial score (nSPS) is 28.3. The van der Waals surface area contributed by atoms with Crippen molar-refractivity contribution in [3.63, 3.8) is 0 Å². The van der Waals surface area contributed by atoms with Crippen molar-refractivity contribution < 1.29 is 9.53 Å². The van der Waals surface area contributed by atoms with E-state index >= 15 is 0 Å². The number of nitrogens with zero attached hydrogens (tertiary/aromatic N) is 5. The van der Waals surface area contributed by atoms with Crippen LogP contribution in [0.1, 0.15) is 28.8 Å². The van der Waals surface area contributed by atoms with Crippen LogP contribution >= 0.6 is 23.1 Å². The zero-order chi connectivity index (χ0) is 18.3. The van der Waals surface area contributed by atoms with E-state index in [4.69, 9.17) is 15.5 Å². The summed E-state index contributed by atoms with van der Waals surface area (Å²) in [4.78, 5) is 22.9. The van der Waals surface area contributed by atoms with Gasteiger partial charge in [0, 0.05) is 24.1 Å². The molecular weight excluding hydrogens is 374 g/mol. The molecule has 0 spiro atoms. The highest BCUT2D eigenvalue weighted by molar-refractivity contribution is 8.13. The van der Waals surface area contributed by atoms with Gasteiger partial charge in [0.2, 0.25) is 0 Å². The number of nitrogens with two attached hydrogens (primary N) is 1. The minimum Gasteiger partial charge on any atom is -0.379 e. The molecule has 0 saturated carbocycles. The lowest BCUT2D eigenvalue weighted by molar-refractivity contribution is -0.0466. The van der Waals surface area contributed by atoms with E-state index in [9.17, 15) is 4.79 Å². The topological polar surface area (TPSA) is 120 Å². The number of aliphatic imine (C=N–C) groups is 1. The summed E-state index contributed by atoms with van der Waals surface area (Å²) in [6.07, 6.45) is 2.51. The highest BCUT2D eigenvalue weighted by Gasteiger charge is 2.49. The van der Waals surface area contributed by atoms with Gasteiger partial charge in [0.15, 0.2) is 10.9 Å². The Morgan fingerprint density at radius 2 is 2.38 bits per heavy atom. The second kappa shape index (κ2) is 6.63. The van der Waals surface area contributed by atoms with Crippen molar-refractivity contribution in [1.29, 1.82) is 0 Å². The van der Waals surface area contributed by atoms with Crippen LogP contribution in [0, 0.1) is 5.92 Å². The summed E-state index contributed by atoms with van der Waals surface area (Å²) in [6, 6.07) is 0. The van der Waals surface area contributed by atoms with E-state index < -0.39 is 5.54 Å². The molecule has 4 rings (SSSR count). The number of nitrogens with one attached hydrogen (secondary N) is 1. The number of aryl methyl sites for hydroxylation is 1. The van der Waals surface area contributed by atoms with Crippen LogP contribution in [0.4, 0.5) is 5.82 Å². The van der Waals surface area contributed by atoms with Crippen molar-refractivity contribution in [1.82, 2.24) is 20.0 Å². The van der Waals surface area contributed by atoms with Crippen LogP contribution in [0.5, 0.6) is 0 Å². The van der Waals surface area contributed by atoms with Crippen LogP contribution in [0.15, 0.2) is 16.6 Å². The van der Waals surface area contributed by atoms with E-state index in [1.807, 2.05) is 0 Å². The summed E-state index contributed by atoms with van der Waals surface area (Å²) in [5, 5.41) is 13.8. The van der Waals surface area contributed by atoms with Crippen LogP contribution in [-0.2, 0) is 17.3 Å². The zero-order valence-electron chi connectivity index (χ0n) is 14.4. The Bertz CT molecular complexity index is 864. The summed E-state index contributed by atoms with van der Waals surface area (Å²) >= 11 is 3.04. The molecule has 2 aromatic rings. The minimum absolute atomic E-state index is 0.194. The number of fused-ring (bicyclic) bond motifs is 1. The molecule has 1 fully saturated rings. The number of thioether (sulfide) groups is 1. The molecule has 0 aliphatic carbocycles. The van der Waals surface area contributed by atoms with E-state index in [0.29, 0.717) is 23.5 Å². The van der Waals surface area contributed by atoms with Gasteiger partial charge in [0.05, 0.1) is 18.9 Å². The van der Waals surface area contributed by atoms with E-state index in [1.165, 1.54) is 22.3 Å². The van der Waals surface area contributed by atoms with E-state index in [0.717, 1.165) is 17.2 Å². The SMILES string of the molecule is C[C@H]1C[C@H]2CSC(N)=NC2(c2nc(NC(=O)c3cnn(C)n3)cs2)CO1. The highest BCUT2D eigenvalue weighted by atomic mass is 32.2. The third kappa shape index (κ3) is 3.10. The molecule has 3 atom stereocenters. The van der Waals surface area contributed by atoms with Crippen LogP contribution in [0.25, 0.3) is 0 Å². The van der Waals surface area contributed by atoms with Gasteiger partial charge in [0.25, 0.3) is 5.91 Å². The average molecular weight is 393 g/mol. The largest absolute Gasteiger partial charge is 0.379 e. The number of ether oxygens (including phenoxy) is 1. The second-order valence-electron chi connectivity index (χ2n) is 6.45. The number of carbonyl (C=O) groups is 1. The number of anilines is 1. The van der Waals surface area contributed by atoms with Crippen LogP contribution < -0.4 is 11.1 Å². The first-order valence-electron chi connectivity index (χ1n) is 8.19. The quantitative estimate of drug-likeness (QED) is 0.804. The molecule has 1 amide bonds. The summed E-state index contributed by atoms with van der Waals surface area (Å²) in [5.41, 5.74) is 5.68. The molecular formula is C15H19N7O2S2. The van der Waals surface area contributed by atoms with Crippen LogP contribution in [0.3, 0.4) is 0 Å². The lowest BCUT2D eigenvalue weighted by atomic mass is 9.80. The van der Waals surface area contributed by atoms with E-state index in [-0.39, 0.29) is 17.7 Å². The molecule has 3 N–H and O–H groups in total. The average Bonchev–Trinajstić information content (AvgIpc) is 3.24. The number of aromatic nitrogens is 4. The number of carbonyl (C=O) groups excluding carboxylic acids is 1. The second-order valence-corrected chi connectivity index (χ2v) is 8.35. The number of hydrogen-bond acceptors (Lipinski definition) is 9. The third-order valence-electron chi connectivity index (χ3n) is 4.57. The Balaban J connectivity index is 1.59. The van der Waals surface area contributed by atoms with Crippen LogP contribution in [0.2, 0.25) is 0 Å². The molecule has 1 saturated heterocycles. The van der Waals surface area contributed by atoms with Crippen molar-refractivity contribution >= 4 is 40.0 Å². The van der Waals surface area contributed by atoms with E-state index in [1.54, 1.807) is 24.2 Å². The Morgan fingerprint density at radius 3 is 3.15 bits per heavy atom. The van der Waals surface area contributed by atoms with Gasteiger partial charge < -0.3 is 15.8 Å². The fourth-order valence-electron chi connectivity index (χ4n) is 3.24. The number of amidine groups is 1. The van der Waals surface area contributed by atoms with Gasteiger partial charge in [-0.3, -0.25) is 4.79 Å². The molecule has 0 aromatic carbocycles. The van der Waals surface area contributed by atoms with Gasteiger partial charge >= 0.3 is 0 Å². The molecule has 0 radical (unpaired) electrons. The standard InChI is InChI=1S/C15H19N7O2S2/c1-8-3-9-5-26-14(16)20-15(9,7-24-8)13-19-11(6-25-13)18-12(23)10-4-17-22(2)21-10/h4,6,8-9H,3,5,7H2,1-2H3,(H2,16,20)(H,18,23)/t8-,9-,15?/m0/s1. The fourth-order valence-corrected chi connectivity index (χ4v) is 5.21. The Kier molecular flexibility index (Phi) is 4.45. The first-order chi connectivity index (χ1) is 12.5. The first-order valence-corrected chi connectivity index (χ1v) is 10.1. The molecule has 4 heterocycles. The molecule has 26 heavy (non-hydrogen) atoms. The number of rotatable bonds is 3. The predicted octanol–water partition coefficient (Wildman–Crippen LogP) is 1.21. The van der Waals surface area contributed by atoms with Gasteiger partial charge in [0.1, 0.15) is 16.4 Å². The molecule has 11 heteroatoms. The van der Waals surface area contributed by atoms with Crippen molar-refractivity contribution in [2.45, 2.75) is 25.0 Å². The highest BCUT2D eigenvalue weighted by Crippen LogP contribution is 2.46. The van der Waals surface area contributed by atoms with Crippen molar-refractivity contribution in [2.24, 2.45) is 23.7 Å². The van der Waals surface area contributed by atoms with Crippen molar-refractivity contribution in [3.05, 3.63) is 22.3 Å². The molecule has 2 aromatic heterocycles. The zero-order valence-corrected chi connectivity index (χ0v) is 16.0. The fraction of sp³-hybridized carbons (Fsp3) is 0.533. The smallest absolute Gasteiger partial charge is 0.279 e. The number of thiazole rings is 1. The van der Waals surface area contributed by atoms with Crippen molar-refractivity contribution in [3.8, 4) is 0 Å². The Hall–Kier alpha value is -1.98. The predicted molar refractivity (Wildman–Crippen MR) is 100 cm³/mol. The van der Waals surface area contributed by atoms with Gasteiger partial charge in [-0.05, 0) is 13.3 Å². The Labute approximate surface area is 158 Å². The van der Waals surface area contributed by atoms with Gasteiger partial charge in [-0.15, -0.1) is 16.4 Å². The van der Waals surface area contributed by atoms with Gasteiger partial charge in [-0.25, -0.2) is 9.98 Å². The van der Waals surface area contributed by atoms with Gasteiger partial charge in [-0.1, -0.05) is 11.8 Å². The molecule has 0 bridgehead atoms. The number of amides is 1. The Morgan fingerprint density at radius 1 is 1.54 bits per heavy atom. The summed E-state index contributed by atoms with van der Waals surface area (Å²) < 4.78 is 5.90. The lowest BCUT2D eigenvalue weighted by Gasteiger charge is -2.44. The molecule has 9 nitrogen and oxygen atoms in total. The number of hydrogen-bond donors (Lipinski definition) is 2. The summed E-state index contributed by atoms with van der Waals surface area (Å²) in [5.74, 6) is 1.32. The van der Waals surface area contributed by atoms with Crippen molar-refractivity contribution in [2.75, 3.05) is 17.7 Å². The monoisotopic (exact) mass is 393 g/mol. The van der Waals surface area contributed by atoms with Gasteiger partial charge in [-0.2, -0.15) is 9.90 Å². The summed E-state index contributed by atoms with van der Waals surface area (Å²) in [7, 11) is 1.66. The minimum atomic E-state index is -0.567. The van der Waals surface area contributed by atoms with Crippen LogP contribution in [-0.4, -0.2) is 49.5 Å². The molecule has 2 aliphatic heterocycles. The molecule has 138 valence electrons. The maximum Gasteiger partial charge on any atom is 0.279 e. The summed E-state index contributed by atoms with van der Waals surface area (Å²) in [6.45, 7) is 2.52.